The summed E-state index contributed by atoms with van der Waals surface area (Å²) in [5.41, 5.74) is -1.65. The summed E-state index contributed by atoms with van der Waals surface area (Å²) in [4.78, 5) is 11.1. The first kappa shape index (κ1) is 15.2. The van der Waals surface area contributed by atoms with Gasteiger partial charge in [-0.1, -0.05) is 0 Å². The first-order valence-corrected chi connectivity index (χ1v) is 5.24. The number of halogens is 3. The van der Waals surface area contributed by atoms with Crippen LogP contribution in [0.2, 0.25) is 0 Å². The van der Waals surface area contributed by atoms with Gasteiger partial charge in [0, 0.05) is 0 Å². The molecule has 0 radical (unpaired) electrons. The Balaban J connectivity index is 2.40. The fraction of sp³-hybridized carbons (Fsp3) is 0.900. The lowest BCUT2D eigenvalue weighted by Crippen LogP contribution is -2.52. The fourth-order valence-electron chi connectivity index (χ4n) is 1.28. The zero-order chi connectivity index (χ0) is 14.0. The largest absolute Gasteiger partial charge is 0.456 e. The molecule has 0 spiro atoms. The van der Waals surface area contributed by atoms with Crippen molar-refractivity contribution in [1.82, 2.24) is 0 Å². The van der Waals surface area contributed by atoms with Crippen molar-refractivity contribution in [1.29, 1.82) is 0 Å². The highest BCUT2D eigenvalue weighted by Crippen LogP contribution is 2.26. The van der Waals surface area contributed by atoms with Gasteiger partial charge in [0.05, 0.1) is 19.6 Å². The van der Waals surface area contributed by atoms with E-state index in [2.05, 4.69) is 4.74 Å². The maximum atomic E-state index is 11.8. The number of carbonyl (C=O) groups is 1. The molecule has 1 saturated heterocycles. The molecule has 8 heteroatoms. The van der Waals surface area contributed by atoms with Crippen LogP contribution in [-0.2, 0) is 19.0 Å². The van der Waals surface area contributed by atoms with Crippen molar-refractivity contribution in [3.05, 3.63) is 0 Å². The minimum absolute atomic E-state index is 0.207. The Morgan fingerprint density at radius 1 is 1.33 bits per heavy atom. The molecule has 0 unspecified atom stereocenters. The molecule has 1 aliphatic heterocycles. The highest BCUT2D eigenvalue weighted by atomic mass is 19.4. The summed E-state index contributed by atoms with van der Waals surface area (Å²) in [6.07, 6.45) is -5.20. The van der Waals surface area contributed by atoms with Gasteiger partial charge in [-0.15, -0.1) is 0 Å². The lowest BCUT2D eigenvalue weighted by molar-refractivity contribution is -0.302. The number of hydrogen-bond acceptors (Lipinski definition) is 5. The van der Waals surface area contributed by atoms with Crippen LogP contribution in [0.5, 0.6) is 0 Å². The molecule has 1 fully saturated rings. The van der Waals surface area contributed by atoms with Crippen LogP contribution in [0, 0.1) is 0 Å². The predicted octanol–water partition coefficient (Wildman–Crippen LogP) is 0.996. The first-order chi connectivity index (χ1) is 8.02. The molecule has 0 aromatic carbocycles. The summed E-state index contributed by atoms with van der Waals surface area (Å²) in [5.74, 6) is -2.04. The summed E-state index contributed by atoms with van der Waals surface area (Å²) in [6.45, 7) is 1.15. The summed E-state index contributed by atoms with van der Waals surface area (Å²) in [7, 11) is 0. The van der Waals surface area contributed by atoms with Crippen molar-refractivity contribution >= 4 is 5.97 Å². The van der Waals surface area contributed by atoms with Crippen molar-refractivity contribution in [2.45, 2.75) is 37.8 Å². The van der Waals surface area contributed by atoms with Crippen molar-refractivity contribution in [2.75, 3.05) is 19.8 Å². The summed E-state index contributed by atoms with van der Waals surface area (Å²) >= 11 is 0. The van der Waals surface area contributed by atoms with Crippen molar-refractivity contribution in [3.8, 4) is 0 Å². The van der Waals surface area contributed by atoms with Gasteiger partial charge < -0.3 is 19.3 Å². The number of carbonyl (C=O) groups excluding carboxylic acids is 1. The third-order valence-electron chi connectivity index (χ3n) is 2.25. The Hall–Kier alpha value is -0.860. The molecule has 0 aromatic rings. The standard InChI is InChI=1S/C10H15F3O5/c1-8(2)17-4-9(15,5-18-8)3-7(14)16-6-10(11,12)13/h15H,3-6H2,1-2H3. The predicted molar refractivity (Wildman–Crippen MR) is 52.6 cm³/mol. The third-order valence-corrected chi connectivity index (χ3v) is 2.25. The Morgan fingerprint density at radius 3 is 2.28 bits per heavy atom. The number of rotatable bonds is 3. The van der Waals surface area contributed by atoms with Crippen LogP contribution in [0.3, 0.4) is 0 Å². The van der Waals surface area contributed by atoms with Crippen molar-refractivity contribution in [2.24, 2.45) is 0 Å². The van der Waals surface area contributed by atoms with Gasteiger partial charge in [0.1, 0.15) is 5.60 Å². The van der Waals surface area contributed by atoms with E-state index in [0.717, 1.165) is 0 Å². The number of esters is 1. The molecule has 1 rings (SSSR count). The molecular formula is C10H15F3O5. The van der Waals surface area contributed by atoms with E-state index in [1.54, 1.807) is 13.8 Å². The van der Waals surface area contributed by atoms with Crippen LogP contribution in [0.1, 0.15) is 20.3 Å². The molecule has 0 amide bonds. The van der Waals surface area contributed by atoms with Gasteiger partial charge in [-0.3, -0.25) is 4.79 Å². The van der Waals surface area contributed by atoms with Crippen LogP contribution in [0.4, 0.5) is 13.2 Å². The van der Waals surface area contributed by atoms with E-state index >= 15 is 0 Å². The van der Waals surface area contributed by atoms with Crippen LogP contribution in [-0.4, -0.2) is 48.5 Å². The Bertz CT molecular complexity index is 303. The second-order valence-corrected chi connectivity index (χ2v) is 4.65. The van der Waals surface area contributed by atoms with E-state index < -0.39 is 36.6 Å². The van der Waals surface area contributed by atoms with Crippen LogP contribution in [0.15, 0.2) is 0 Å². The zero-order valence-electron chi connectivity index (χ0n) is 10.0. The van der Waals surface area contributed by atoms with Gasteiger partial charge in [0.25, 0.3) is 0 Å². The Morgan fingerprint density at radius 2 is 1.83 bits per heavy atom. The second kappa shape index (κ2) is 5.02. The molecule has 0 atom stereocenters. The lowest BCUT2D eigenvalue weighted by Gasteiger charge is -2.39. The SMILES string of the molecule is CC1(C)OCC(O)(CC(=O)OCC(F)(F)F)CO1. The van der Waals surface area contributed by atoms with Gasteiger partial charge in [-0.2, -0.15) is 13.2 Å². The molecule has 0 bridgehead atoms. The molecule has 1 N–H and O–H groups in total. The smallest absolute Gasteiger partial charge is 0.422 e. The van der Waals surface area contributed by atoms with Crippen LogP contribution in [0.25, 0.3) is 0 Å². The molecule has 1 aliphatic rings. The molecule has 5 nitrogen and oxygen atoms in total. The van der Waals surface area contributed by atoms with E-state index in [-0.39, 0.29) is 13.2 Å². The number of alkyl halides is 3. The summed E-state index contributed by atoms with van der Waals surface area (Å²) in [6, 6.07) is 0. The van der Waals surface area contributed by atoms with Crippen LogP contribution < -0.4 is 0 Å². The minimum atomic E-state index is -4.58. The molecule has 18 heavy (non-hydrogen) atoms. The highest BCUT2D eigenvalue weighted by Gasteiger charge is 2.41. The lowest BCUT2D eigenvalue weighted by atomic mass is 10.0. The van der Waals surface area contributed by atoms with Gasteiger partial charge in [-0.05, 0) is 13.8 Å². The Labute approximate surface area is 102 Å². The van der Waals surface area contributed by atoms with E-state index in [1.165, 1.54) is 0 Å². The average molecular weight is 272 g/mol. The topological polar surface area (TPSA) is 65.0 Å². The number of hydrogen-bond donors (Lipinski definition) is 1. The monoisotopic (exact) mass is 272 g/mol. The van der Waals surface area contributed by atoms with Gasteiger partial charge in [0.2, 0.25) is 0 Å². The highest BCUT2D eigenvalue weighted by molar-refractivity contribution is 5.70. The van der Waals surface area contributed by atoms with Crippen molar-refractivity contribution < 1.29 is 37.3 Å². The minimum Gasteiger partial charge on any atom is -0.456 e. The number of aliphatic hydroxyl groups is 1. The van der Waals surface area contributed by atoms with Crippen molar-refractivity contribution in [3.63, 3.8) is 0 Å². The summed E-state index contributed by atoms with van der Waals surface area (Å²) < 4.78 is 49.6. The van der Waals surface area contributed by atoms with E-state index in [9.17, 15) is 23.1 Å². The fourth-order valence-corrected chi connectivity index (χ4v) is 1.28. The maximum absolute atomic E-state index is 11.8. The quantitative estimate of drug-likeness (QED) is 0.776. The zero-order valence-corrected chi connectivity index (χ0v) is 10.0. The van der Waals surface area contributed by atoms with E-state index in [1.807, 2.05) is 0 Å². The number of ether oxygens (including phenoxy) is 3. The summed E-state index contributed by atoms with van der Waals surface area (Å²) in [5, 5.41) is 9.87. The van der Waals surface area contributed by atoms with Gasteiger partial charge in [-0.25, -0.2) is 0 Å². The molecule has 0 aliphatic carbocycles. The second-order valence-electron chi connectivity index (χ2n) is 4.65. The van der Waals surface area contributed by atoms with E-state index in [4.69, 9.17) is 9.47 Å². The average Bonchev–Trinajstić information content (AvgIpc) is 2.20. The third kappa shape index (κ3) is 5.19. The Kier molecular flexibility index (Phi) is 4.24. The first-order valence-electron chi connectivity index (χ1n) is 5.24. The van der Waals surface area contributed by atoms with Gasteiger partial charge in [0.15, 0.2) is 12.4 Å². The normalized spacial score (nSPS) is 22.6. The molecule has 106 valence electrons. The van der Waals surface area contributed by atoms with Crippen LogP contribution >= 0.6 is 0 Å². The van der Waals surface area contributed by atoms with Gasteiger partial charge >= 0.3 is 12.1 Å². The molecular weight excluding hydrogens is 257 g/mol. The maximum Gasteiger partial charge on any atom is 0.422 e. The molecule has 0 aromatic heterocycles. The molecule has 0 saturated carbocycles. The molecule has 1 heterocycles. The van der Waals surface area contributed by atoms with E-state index in [0.29, 0.717) is 0 Å².